The molecule has 1 aliphatic heterocycles. The molecular weight excluding hydrogens is 260 g/mol. The van der Waals surface area contributed by atoms with Gasteiger partial charge < -0.3 is 15.4 Å². The number of rotatable bonds is 5. The fourth-order valence-corrected chi connectivity index (χ4v) is 3.22. The minimum Gasteiger partial charge on any atom is -0.377 e. The summed E-state index contributed by atoms with van der Waals surface area (Å²) < 4.78 is 5.70. The lowest BCUT2D eigenvalue weighted by Crippen LogP contribution is -2.34. The third kappa shape index (κ3) is 3.43. The van der Waals surface area contributed by atoms with E-state index >= 15 is 0 Å². The third-order valence-electron chi connectivity index (χ3n) is 4.27. The van der Waals surface area contributed by atoms with E-state index in [2.05, 4.69) is 54.4 Å². The standard InChI is InChI=1S/C18H24N2O/c1-20(12-15-8-5-11-21-15)13-18(19)17-10-4-7-14-6-2-3-9-16(14)17/h2-4,6-7,9-10,15,18H,5,8,11-13,19H2,1H3. The van der Waals surface area contributed by atoms with Gasteiger partial charge in [-0.15, -0.1) is 0 Å². The first-order valence-electron chi connectivity index (χ1n) is 7.77. The van der Waals surface area contributed by atoms with Crippen molar-refractivity contribution in [3.63, 3.8) is 0 Å². The smallest absolute Gasteiger partial charge is 0.0702 e. The minimum absolute atomic E-state index is 0.0301. The van der Waals surface area contributed by atoms with Gasteiger partial charge in [-0.05, 0) is 36.2 Å². The number of benzene rings is 2. The van der Waals surface area contributed by atoms with Crippen molar-refractivity contribution in [1.29, 1.82) is 0 Å². The predicted octanol–water partition coefficient (Wildman–Crippen LogP) is 2.95. The van der Waals surface area contributed by atoms with E-state index in [0.717, 1.165) is 19.7 Å². The van der Waals surface area contributed by atoms with E-state index in [4.69, 9.17) is 10.5 Å². The molecule has 3 nitrogen and oxygen atoms in total. The van der Waals surface area contributed by atoms with Gasteiger partial charge >= 0.3 is 0 Å². The zero-order valence-electron chi connectivity index (χ0n) is 12.7. The van der Waals surface area contributed by atoms with E-state index in [1.54, 1.807) is 0 Å². The summed E-state index contributed by atoms with van der Waals surface area (Å²) in [6, 6.07) is 14.9. The van der Waals surface area contributed by atoms with Crippen LogP contribution in [0.15, 0.2) is 42.5 Å². The molecule has 3 heteroatoms. The molecule has 0 amide bonds. The summed E-state index contributed by atoms with van der Waals surface area (Å²) in [5, 5.41) is 2.52. The summed E-state index contributed by atoms with van der Waals surface area (Å²) in [6.07, 6.45) is 2.75. The van der Waals surface area contributed by atoms with Gasteiger partial charge in [0, 0.05) is 25.7 Å². The first-order valence-corrected chi connectivity index (χ1v) is 7.77. The lowest BCUT2D eigenvalue weighted by Gasteiger charge is -2.24. The summed E-state index contributed by atoms with van der Waals surface area (Å²) in [6.45, 7) is 2.74. The van der Waals surface area contributed by atoms with E-state index in [1.807, 2.05) is 0 Å². The molecule has 0 spiro atoms. The molecule has 0 radical (unpaired) electrons. The number of nitrogens with two attached hydrogens (primary N) is 1. The number of fused-ring (bicyclic) bond motifs is 1. The number of hydrogen-bond donors (Lipinski definition) is 1. The van der Waals surface area contributed by atoms with Gasteiger partial charge in [0.15, 0.2) is 0 Å². The van der Waals surface area contributed by atoms with E-state index in [1.165, 1.54) is 29.2 Å². The van der Waals surface area contributed by atoms with Crippen molar-refractivity contribution in [2.45, 2.75) is 25.0 Å². The van der Waals surface area contributed by atoms with Crippen molar-refractivity contribution < 1.29 is 4.74 Å². The molecule has 1 saturated heterocycles. The van der Waals surface area contributed by atoms with Crippen LogP contribution < -0.4 is 5.73 Å². The fourth-order valence-electron chi connectivity index (χ4n) is 3.22. The van der Waals surface area contributed by atoms with Crippen molar-refractivity contribution in [3.8, 4) is 0 Å². The summed E-state index contributed by atoms with van der Waals surface area (Å²) >= 11 is 0. The molecule has 3 rings (SSSR count). The SMILES string of the molecule is CN(CC1CCCO1)CC(N)c1cccc2ccccc12. The van der Waals surface area contributed by atoms with Gasteiger partial charge in [-0.1, -0.05) is 42.5 Å². The maximum Gasteiger partial charge on any atom is 0.0702 e. The van der Waals surface area contributed by atoms with E-state index in [9.17, 15) is 0 Å². The van der Waals surface area contributed by atoms with Crippen LogP contribution in [0.3, 0.4) is 0 Å². The molecule has 1 heterocycles. The van der Waals surface area contributed by atoms with E-state index < -0.39 is 0 Å². The Bertz CT molecular complexity index is 587. The van der Waals surface area contributed by atoms with Crippen LogP contribution >= 0.6 is 0 Å². The molecule has 2 N–H and O–H groups in total. The Labute approximate surface area is 126 Å². The van der Waals surface area contributed by atoms with Crippen LogP contribution in [-0.2, 0) is 4.74 Å². The van der Waals surface area contributed by atoms with Gasteiger partial charge in [0.05, 0.1) is 6.10 Å². The second-order valence-electron chi connectivity index (χ2n) is 6.03. The maximum atomic E-state index is 6.45. The normalized spacial score (nSPS) is 20.2. The summed E-state index contributed by atoms with van der Waals surface area (Å²) in [5.74, 6) is 0. The summed E-state index contributed by atoms with van der Waals surface area (Å²) in [7, 11) is 2.13. The largest absolute Gasteiger partial charge is 0.377 e. The highest BCUT2D eigenvalue weighted by Gasteiger charge is 2.19. The molecule has 0 aromatic heterocycles. The fraction of sp³-hybridized carbons (Fsp3) is 0.444. The Hall–Kier alpha value is -1.42. The molecule has 2 atom stereocenters. The van der Waals surface area contributed by atoms with Gasteiger partial charge in [-0.3, -0.25) is 0 Å². The molecule has 2 unspecified atom stereocenters. The van der Waals surface area contributed by atoms with Gasteiger partial charge in [0.2, 0.25) is 0 Å². The van der Waals surface area contributed by atoms with Crippen LogP contribution in [-0.4, -0.2) is 37.7 Å². The Morgan fingerprint density at radius 2 is 2.05 bits per heavy atom. The summed E-state index contributed by atoms with van der Waals surface area (Å²) in [5.41, 5.74) is 7.68. The average molecular weight is 284 g/mol. The molecule has 1 fully saturated rings. The highest BCUT2D eigenvalue weighted by Crippen LogP contribution is 2.23. The van der Waals surface area contributed by atoms with Crippen LogP contribution in [0.2, 0.25) is 0 Å². The number of nitrogens with zero attached hydrogens (tertiary/aromatic N) is 1. The topological polar surface area (TPSA) is 38.5 Å². The summed E-state index contributed by atoms with van der Waals surface area (Å²) in [4.78, 5) is 2.29. The second kappa shape index (κ2) is 6.56. The van der Waals surface area contributed by atoms with Crippen LogP contribution in [0.25, 0.3) is 10.8 Å². The molecule has 21 heavy (non-hydrogen) atoms. The molecule has 0 aliphatic carbocycles. The molecule has 2 aromatic rings. The monoisotopic (exact) mass is 284 g/mol. The maximum absolute atomic E-state index is 6.45. The molecule has 112 valence electrons. The van der Waals surface area contributed by atoms with Crippen molar-refractivity contribution in [1.82, 2.24) is 4.90 Å². The lowest BCUT2D eigenvalue weighted by atomic mass is 9.99. The Morgan fingerprint density at radius 1 is 1.24 bits per heavy atom. The van der Waals surface area contributed by atoms with Gasteiger partial charge in [-0.2, -0.15) is 0 Å². The van der Waals surface area contributed by atoms with Crippen LogP contribution in [0, 0.1) is 0 Å². The van der Waals surface area contributed by atoms with Crippen LogP contribution in [0.4, 0.5) is 0 Å². The highest BCUT2D eigenvalue weighted by atomic mass is 16.5. The number of hydrogen-bond acceptors (Lipinski definition) is 3. The van der Waals surface area contributed by atoms with Crippen LogP contribution in [0.5, 0.6) is 0 Å². The average Bonchev–Trinajstić information content (AvgIpc) is 2.99. The predicted molar refractivity (Wildman–Crippen MR) is 87.3 cm³/mol. The lowest BCUT2D eigenvalue weighted by molar-refractivity contribution is 0.0797. The molecular formula is C18H24N2O. The quantitative estimate of drug-likeness (QED) is 0.917. The van der Waals surface area contributed by atoms with E-state index in [-0.39, 0.29) is 6.04 Å². The van der Waals surface area contributed by atoms with Crippen molar-refractivity contribution in [3.05, 3.63) is 48.0 Å². The molecule has 1 aliphatic rings. The zero-order valence-corrected chi connectivity index (χ0v) is 12.7. The van der Waals surface area contributed by atoms with Gasteiger partial charge in [0.1, 0.15) is 0 Å². The van der Waals surface area contributed by atoms with Crippen molar-refractivity contribution in [2.75, 3.05) is 26.7 Å². The van der Waals surface area contributed by atoms with Gasteiger partial charge in [-0.25, -0.2) is 0 Å². The van der Waals surface area contributed by atoms with E-state index in [0.29, 0.717) is 6.10 Å². The molecule has 0 saturated carbocycles. The first kappa shape index (κ1) is 14.5. The van der Waals surface area contributed by atoms with Crippen molar-refractivity contribution in [2.24, 2.45) is 5.73 Å². The highest BCUT2D eigenvalue weighted by molar-refractivity contribution is 5.86. The Balaban J connectivity index is 1.70. The third-order valence-corrected chi connectivity index (χ3v) is 4.27. The number of likely N-dealkylation sites (N-methyl/N-ethyl adjacent to an activating group) is 1. The minimum atomic E-state index is 0.0301. The zero-order chi connectivity index (χ0) is 14.7. The number of ether oxygens (including phenoxy) is 1. The Kier molecular flexibility index (Phi) is 4.54. The van der Waals surface area contributed by atoms with Crippen LogP contribution in [0.1, 0.15) is 24.4 Å². The molecule has 2 aromatic carbocycles. The Morgan fingerprint density at radius 3 is 2.86 bits per heavy atom. The van der Waals surface area contributed by atoms with Gasteiger partial charge in [0.25, 0.3) is 0 Å². The first-order chi connectivity index (χ1) is 10.2. The van der Waals surface area contributed by atoms with Crippen molar-refractivity contribution >= 4 is 10.8 Å². The second-order valence-corrected chi connectivity index (χ2v) is 6.03. The molecule has 0 bridgehead atoms.